The van der Waals surface area contributed by atoms with Crippen LogP contribution in [0.4, 0.5) is 10.2 Å². The Balaban J connectivity index is 2.92. The Labute approximate surface area is 75.2 Å². The van der Waals surface area contributed by atoms with Gasteiger partial charge in [0.2, 0.25) is 0 Å². The molecule has 0 atom stereocenters. The van der Waals surface area contributed by atoms with Crippen molar-refractivity contribution in [3.63, 3.8) is 0 Å². The molecular weight excluding hydrogens is 167 g/mol. The normalized spacial score (nSPS) is 10.6. The zero-order valence-corrected chi connectivity index (χ0v) is 7.21. The lowest BCUT2D eigenvalue weighted by atomic mass is 10.1. The number of anilines is 1. The van der Waals surface area contributed by atoms with Gasteiger partial charge in [-0.3, -0.25) is 0 Å². The van der Waals surface area contributed by atoms with Crippen molar-refractivity contribution >= 4 is 16.6 Å². The highest BCUT2D eigenvalue weighted by Gasteiger charge is 2.02. The van der Waals surface area contributed by atoms with Gasteiger partial charge in [-0.15, -0.1) is 0 Å². The minimum atomic E-state index is -0.286. The largest absolute Gasteiger partial charge is 0.383 e. The van der Waals surface area contributed by atoms with Crippen LogP contribution in [-0.2, 0) is 0 Å². The molecule has 2 N–H and O–H groups in total. The number of aromatic nitrogens is 1. The van der Waals surface area contributed by atoms with Crippen LogP contribution in [0.25, 0.3) is 10.8 Å². The average molecular weight is 176 g/mol. The zero-order valence-electron chi connectivity index (χ0n) is 7.21. The first-order chi connectivity index (χ1) is 6.18. The first-order valence-corrected chi connectivity index (χ1v) is 3.99. The number of hydrogen-bond acceptors (Lipinski definition) is 2. The number of benzene rings is 1. The van der Waals surface area contributed by atoms with E-state index in [9.17, 15) is 4.39 Å². The maximum atomic E-state index is 12.9. The number of aryl methyl sites for hydroxylation is 1. The van der Waals surface area contributed by atoms with Crippen LogP contribution in [0.1, 0.15) is 5.56 Å². The van der Waals surface area contributed by atoms with Gasteiger partial charge in [0.15, 0.2) is 0 Å². The number of nitrogens with zero attached hydrogens (tertiary/aromatic N) is 1. The van der Waals surface area contributed by atoms with Crippen LogP contribution in [0.15, 0.2) is 24.4 Å². The molecule has 0 aliphatic heterocycles. The summed E-state index contributed by atoms with van der Waals surface area (Å²) in [4.78, 5) is 3.96. The quantitative estimate of drug-likeness (QED) is 0.668. The van der Waals surface area contributed by atoms with Crippen molar-refractivity contribution < 1.29 is 4.39 Å². The lowest BCUT2D eigenvalue weighted by Gasteiger charge is -2.03. The summed E-state index contributed by atoms with van der Waals surface area (Å²) in [5.41, 5.74) is 6.62. The maximum absolute atomic E-state index is 12.9. The Morgan fingerprint density at radius 3 is 2.85 bits per heavy atom. The van der Waals surface area contributed by atoms with Crippen LogP contribution in [0.3, 0.4) is 0 Å². The number of hydrogen-bond donors (Lipinski definition) is 1. The van der Waals surface area contributed by atoms with E-state index in [1.165, 1.54) is 12.1 Å². The van der Waals surface area contributed by atoms with Gasteiger partial charge in [-0.1, -0.05) is 6.07 Å². The highest BCUT2D eigenvalue weighted by atomic mass is 19.1. The molecule has 0 bridgehead atoms. The Morgan fingerprint density at radius 2 is 2.08 bits per heavy atom. The number of nitrogens with two attached hydrogens (primary N) is 1. The minimum absolute atomic E-state index is 0.286. The second kappa shape index (κ2) is 2.69. The predicted octanol–water partition coefficient (Wildman–Crippen LogP) is 2.26. The molecule has 0 saturated heterocycles. The summed E-state index contributed by atoms with van der Waals surface area (Å²) >= 11 is 0. The molecule has 3 heteroatoms. The maximum Gasteiger partial charge on any atom is 0.131 e. The molecule has 2 aromatic rings. The molecule has 1 heterocycles. The van der Waals surface area contributed by atoms with Gasteiger partial charge >= 0.3 is 0 Å². The zero-order chi connectivity index (χ0) is 9.42. The SMILES string of the molecule is Cc1cnc(N)c2cc(F)ccc12. The number of nitrogen functional groups attached to an aromatic ring is 1. The van der Waals surface area contributed by atoms with Crippen molar-refractivity contribution in [2.45, 2.75) is 6.92 Å². The van der Waals surface area contributed by atoms with E-state index in [4.69, 9.17) is 5.73 Å². The van der Waals surface area contributed by atoms with Crippen LogP contribution in [0, 0.1) is 12.7 Å². The molecule has 0 saturated carbocycles. The molecule has 0 spiro atoms. The van der Waals surface area contributed by atoms with E-state index in [-0.39, 0.29) is 5.82 Å². The third-order valence-corrected chi connectivity index (χ3v) is 2.08. The lowest BCUT2D eigenvalue weighted by molar-refractivity contribution is 0.629. The molecule has 1 aromatic carbocycles. The van der Waals surface area contributed by atoms with Gasteiger partial charge in [0.05, 0.1) is 0 Å². The summed E-state index contributed by atoms with van der Waals surface area (Å²) in [6.45, 7) is 1.92. The van der Waals surface area contributed by atoms with Crippen LogP contribution in [0.5, 0.6) is 0 Å². The highest BCUT2D eigenvalue weighted by molar-refractivity contribution is 5.92. The molecule has 66 valence electrons. The fourth-order valence-electron chi connectivity index (χ4n) is 1.38. The first-order valence-electron chi connectivity index (χ1n) is 3.99. The standard InChI is InChI=1S/C10H9FN2/c1-6-5-13-10(12)9-4-7(11)2-3-8(6)9/h2-5H,1H3,(H2,12,13). The fourth-order valence-corrected chi connectivity index (χ4v) is 1.38. The molecule has 13 heavy (non-hydrogen) atoms. The molecule has 1 aromatic heterocycles. The van der Waals surface area contributed by atoms with Crippen LogP contribution in [-0.4, -0.2) is 4.98 Å². The molecule has 0 aliphatic carbocycles. The van der Waals surface area contributed by atoms with E-state index in [2.05, 4.69) is 4.98 Å². The van der Waals surface area contributed by atoms with Gasteiger partial charge < -0.3 is 5.73 Å². The van der Waals surface area contributed by atoms with E-state index >= 15 is 0 Å². The van der Waals surface area contributed by atoms with Crippen molar-refractivity contribution in [1.29, 1.82) is 0 Å². The summed E-state index contributed by atoms with van der Waals surface area (Å²) in [6, 6.07) is 4.55. The summed E-state index contributed by atoms with van der Waals surface area (Å²) in [6.07, 6.45) is 1.69. The predicted molar refractivity (Wildman–Crippen MR) is 50.9 cm³/mol. The van der Waals surface area contributed by atoms with Gasteiger partial charge in [0, 0.05) is 11.6 Å². The fraction of sp³-hybridized carbons (Fsp3) is 0.100. The first kappa shape index (κ1) is 7.98. The van der Waals surface area contributed by atoms with Crippen LogP contribution < -0.4 is 5.73 Å². The van der Waals surface area contributed by atoms with E-state index in [1.54, 1.807) is 12.3 Å². The summed E-state index contributed by atoms with van der Waals surface area (Å²) in [5, 5.41) is 1.63. The monoisotopic (exact) mass is 176 g/mol. The van der Waals surface area contributed by atoms with E-state index < -0.39 is 0 Å². The Bertz CT molecular complexity index is 466. The third-order valence-electron chi connectivity index (χ3n) is 2.08. The number of pyridine rings is 1. The van der Waals surface area contributed by atoms with E-state index in [0.29, 0.717) is 11.2 Å². The number of halogens is 1. The number of fused-ring (bicyclic) bond motifs is 1. The molecule has 0 aliphatic rings. The Kier molecular flexibility index (Phi) is 1.65. The topological polar surface area (TPSA) is 38.9 Å². The van der Waals surface area contributed by atoms with Gasteiger partial charge in [0.1, 0.15) is 11.6 Å². The second-order valence-corrected chi connectivity index (χ2v) is 3.02. The molecule has 2 rings (SSSR count). The lowest BCUT2D eigenvalue weighted by Crippen LogP contribution is -1.93. The van der Waals surface area contributed by atoms with Crippen molar-refractivity contribution in [2.24, 2.45) is 0 Å². The van der Waals surface area contributed by atoms with E-state index in [1.807, 2.05) is 6.92 Å². The van der Waals surface area contributed by atoms with E-state index in [0.717, 1.165) is 10.9 Å². The highest BCUT2D eigenvalue weighted by Crippen LogP contribution is 2.22. The molecular formula is C10H9FN2. The van der Waals surface area contributed by atoms with Gasteiger partial charge in [-0.2, -0.15) is 0 Å². The average Bonchev–Trinajstić information content (AvgIpc) is 2.12. The molecule has 0 fully saturated rings. The minimum Gasteiger partial charge on any atom is -0.383 e. The smallest absolute Gasteiger partial charge is 0.131 e. The molecule has 2 nitrogen and oxygen atoms in total. The van der Waals surface area contributed by atoms with Gasteiger partial charge in [-0.05, 0) is 30.0 Å². The van der Waals surface area contributed by atoms with Gasteiger partial charge in [-0.25, -0.2) is 9.37 Å². The van der Waals surface area contributed by atoms with Crippen LogP contribution >= 0.6 is 0 Å². The molecule has 0 amide bonds. The number of rotatable bonds is 0. The van der Waals surface area contributed by atoms with Crippen molar-refractivity contribution in [1.82, 2.24) is 4.98 Å². The van der Waals surface area contributed by atoms with Crippen molar-refractivity contribution in [2.75, 3.05) is 5.73 Å². The van der Waals surface area contributed by atoms with Crippen LogP contribution in [0.2, 0.25) is 0 Å². The second-order valence-electron chi connectivity index (χ2n) is 3.02. The molecule has 0 radical (unpaired) electrons. The Morgan fingerprint density at radius 1 is 1.31 bits per heavy atom. The van der Waals surface area contributed by atoms with Gasteiger partial charge in [0.25, 0.3) is 0 Å². The third kappa shape index (κ3) is 1.22. The van der Waals surface area contributed by atoms with Crippen molar-refractivity contribution in [3.8, 4) is 0 Å². The summed E-state index contributed by atoms with van der Waals surface area (Å²) in [5.74, 6) is 0.0895. The van der Waals surface area contributed by atoms with Crippen molar-refractivity contribution in [3.05, 3.63) is 35.8 Å². The summed E-state index contributed by atoms with van der Waals surface area (Å²) in [7, 11) is 0. The summed E-state index contributed by atoms with van der Waals surface area (Å²) < 4.78 is 12.9. The Hall–Kier alpha value is -1.64. The molecule has 0 unspecified atom stereocenters.